The van der Waals surface area contributed by atoms with Crippen LogP contribution in [0.1, 0.15) is 26.3 Å². The van der Waals surface area contributed by atoms with E-state index in [4.69, 9.17) is 19.8 Å². The van der Waals surface area contributed by atoms with Crippen molar-refractivity contribution in [2.75, 3.05) is 12.9 Å². The molecule has 2 atom stereocenters. The SMILES string of the molecule is COC(=O)[C@H](CSOC(=O)O)NO[C@@H](Cc1ccccc1)NOOC(C)(C)C. The van der Waals surface area contributed by atoms with Crippen LogP contribution in [0.15, 0.2) is 30.3 Å². The fraction of sp³-hybridized carbons (Fsp3) is 0.529. The van der Waals surface area contributed by atoms with E-state index in [0.717, 1.165) is 5.56 Å². The molecule has 1 aromatic carbocycles. The first-order valence-electron chi connectivity index (χ1n) is 8.37. The molecule has 0 bridgehead atoms. The molecular weight excluding hydrogens is 392 g/mol. The Labute approximate surface area is 167 Å². The van der Waals surface area contributed by atoms with E-state index < -0.39 is 30.0 Å². The van der Waals surface area contributed by atoms with E-state index in [9.17, 15) is 9.59 Å². The van der Waals surface area contributed by atoms with Crippen LogP contribution in [-0.4, -0.2) is 48.0 Å². The minimum absolute atomic E-state index is 0.0591. The van der Waals surface area contributed by atoms with Crippen molar-refractivity contribution in [2.45, 2.75) is 45.1 Å². The van der Waals surface area contributed by atoms with Gasteiger partial charge in [-0.3, -0.25) is 9.63 Å². The minimum atomic E-state index is -1.47. The van der Waals surface area contributed by atoms with E-state index in [2.05, 4.69) is 19.9 Å². The molecule has 10 nitrogen and oxygen atoms in total. The van der Waals surface area contributed by atoms with Crippen LogP contribution in [0.25, 0.3) is 0 Å². The highest BCUT2D eigenvalue weighted by Gasteiger charge is 2.23. The predicted octanol–water partition coefficient (Wildman–Crippen LogP) is 2.21. The molecule has 11 heteroatoms. The third-order valence-corrected chi connectivity index (χ3v) is 3.67. The lowest BCUT2D eigenvalue weighted by Crippen LogP contribution is -2.46. The molecule has 0 fully saturated rings. The number of carbonyl (C=O) groups is 2. The van der Waals surface area contributed by atoms with Gasteiger partial charge < -0.3 is 14.0 Å². The maximum atomic E-state index is 11.8. The molecular formula is C17H26N2O8S. The lowest BCUT2D eigenvalue weighted by Gasteiger charge is -2.24. The third kappa shape index (κ3) is 11.1. The molecule has 0 amide bonds. The predicted molar refractivity (Wildman–Crippen MR) is 101 cm³/mol. The summed E-state index contributed by atoms with van der Waals surface area (Å²) in [6, 6.07) is 8.47. The van der Waals surface area contributed by atoms with Gasteiger partial charge in [-0.05, 0) is 26.3 Å². The van der Waals surface area contributed by atoms with E-state index in [-0.39, 0.29) is 5.75 Å². The standard InChI is InChI=1S/C17H26N2O8S/c1-17(2,3)26-27-19-14(10-12-8-6-5-7-9-12)24-18-13(15(20)23-4)11-28-25-16(21)22/h5-9,13-14,18-19H,10-11H2,1-4H3,(H,21,22)/t13-,14-/m0/s1. The normalized spacial score (nSPS) is 13.6. The van der Waals surface area contributed by atoms with Crippen LogP contribution in [0.3, 0.4) is 0 Å². The fourth-order valence-electron chi connectivity index (χ4n) is 1.75. The Morgan fingerprint density at radius 1 is 1.18 bits per heavy atom. The number of carbonyl (C=O) groups excluding carboxylic acids is 1. The summed E-state index contributed by atoms with van der Waals surface area (Å²) in [6.45, 7) is 5.44. The monoisotopic (exact) mass is 418 g/mol. The van der Waals surface area contributed by atoms with Gasteiger partial charge in [0.25, 0.3) is 0 Å². The molecule has 3 N–H and O–H groups in total. The number of rotatable bonds is 12. The number of hydroxylamine groups is 2. The molecule has 0 aliphatic carbocycles. The van der Waals surface area contributed by atoms with Crippen molar-refractivity contribution in [2.24, 2.45) is 0 Å². The van der Waals surface area contributed by atoms with E-state index in [0.29, 0.717) is 18.5 Å². The van der Waals surface area contributed by atoms with Crippen LogP contribution in [0.5, 0.6) is 0 Å². The largest absolute Gasteiger partial charge is 0.518 e. The van der Waals surface area contributed by atoms with Crippen LogP contribution >= 0.6 is 12.0 Å². The zero-order valence-corrected chi connectivity index (χ0v) is 17.0. The maximum absolute atomic E-state index is 11.8. The van der Waals surface area contributed by atoms with Crippen molar-refractivity contribution in [3.8, 4) is 0 Å². The van der Waals surface area contributed by atoms with Crippen LogP contribution < -0.4 is 11.0 Å². The van der Waals surface area contributed by atoms with Crippen LogP contribution in [0.2, 0.25) is 0 Å². The van der Waals surface area contributed by atoms with Gasteiger partial charge >= 0.3 is 12.1 Å². The number of ether oxygens (including phenoxy) is 1. The van der Waals surface area contributed by atoms with Crippen molar-refractivity contribution in [1.29, 1.82) is 0 Å². The number of hydrogen-bond donors (Lipinski definition) is 3. The Hall–Kier alpha value is -1.89. The highest BCUT2D eigenvalue weighted by molar-refractivity contribution is 7.95. The smallest absolute Gasteiger partial charge is 0.468 e. The Bertz CT molecular complexity index is 597. The molecule has 1 rings (SSSR count). The van der Waals surface area contributed by atoms with E-state index >= 15 is 0 Å². The molecule has 0 radical (unpaired) electrons. The van der Waals surface area contributed by atoms with Gasteiger partial charge in [-0.2, -0.15) is 5.48 Å². The van der Waals surface area contributed by atoms with Gasteiger partial charge in [-0.25, -0.2) is 9.68 Å². The number of methoxy groups -OCH3 is 1. The molecule has 0 spiro atoms. The molecule has 0 aliphatic rings. The highest BCUT2D eigenvalue weighted by atomic mass is 32.2. The lowest BCUT2D eigenvalue weighted by molar-refractivity contribution is -0.401. The van der Waals surface area contributed by atoms with E-state index in [1.807, 2.05) is 51.1 Å². The van der Waals surface area contributed by atoms with Gasteiger partial charge in [-0.1, -0.05) is 30.3 Å². The minimum Gasteiger partial charge on any atom is -0.468 e. The Balaban J connectivity index is 2.66. The molecule has 0 unspecified atom stereocenters. The summed E-state index contributed by atoms with van der Waals surface area (Å²) in [6.07, 6.45) is -1.82. The Morgan fingerprint density at radius 2 is 1.86 bits per heavy atom. The van der Waals surface area contributed by atoms with E-state index in [1.54, 1.807) is 0 Å². The Morgan fingerprint density at radius 3 is 2.43 bits per heavy atom. The molecule has 0 aliphatic heterocycles. The molecule has 0 saturated heterocycles. The van der Waals surface area contributed by atoms with Gasteiger partial charge in [0.2, 0.25) is 0 Å². The average molecular weight is 418 g/mol. The van der Waals surface area contributed by atoms with Crippen molar-refractivity contribution < 1.29 is 38.3 Å². The van der Waals surface area contributed by atoms with E-state index in [1.165, 1.54) is 7.11 Å². The fourth-order valence-corrected chi connectivity index (χ4v) is 2.26. The van der Waals surface area contributed by atoms with Crippen molar-refractivity contribution in [1.82, 2.24) is 11.0 Å². The van der Waals surface area contributed by atoms with Gasteiger partial charge in [0, 0.05) is 6.42 Å². The number of nitrogens with one attached hydrogen (secondary N) is 2. The van der Waals surface area contributed by atoms with Crippen molar-refractivity contribution in [3.05, 3.63) is 35.9 Å². The first kappa shape index (κ1) is 24.1. The van der Waals surface area contributed by atoms with Crippen molar-refractivity contribution in [3.63, 3.8) is 0 Å². The van der Waals surface area contributed by atoms with Crippen LogP contribution in [0.4, 0.5) is 4.79 Å². The zero-order chi connectivity index (χ0) is 21.0. The maximum Gasteiger partial charge on any atom is 0.518 e. The number of hydrogen-bond acceptors (Lipinski definition) is 10. The van der Waals surface area contributed by atoms with Gasteiger partial charge in [0.05, 0.1) is 30.5 Å². The number of carboxylic acid groups (broad SMARTS) is 1. The topological polar surface area (TPSA) is 125 Å². The molecule has 158 valence electrons. The van der Waals surface area contributed by atoms with Crippen LogP contribution in [-0.2, 0) is 34.8 Å². The number of benzene rings is 1. The summed E-state index contributed by atoms with van der Waals surface area (Å²) in [5, 5.41) is 8.52. The first-order valence-corrected chi connectivity index (χ1v) is 9.28. The van der Waals surface area contributed by atoms with Gasteiger partial charge in [-0.15, -0.1) is 10.5 Å². The van der Waals surface area contributed by atoms with Crippen LogP contribution in [0, 0.1) is 0 Å². The summed E-state index contributed by atoms with van der Waals surface area (Å²) in [5.74, 6) is -0.706. The Kier molecular flexibility index (Phi) is 10.8. The third-order valence-electron chi connectivity index (χ3n) is 2.94. The number of esters is 1. The second kappa shape index (κ2) is 12.5. The molecule has 0 saturated carbocycles. The molecule has 0 heterocycles. The highest BCUT2D eigenvalue weighted by Crippen LogP contribution is 2.10. The summed E-state index contributed by atoms with van der Waals surface area (Å²) in [7, 11) is 1.21. The second-order valence-electron chi connectivity index (χ2n) is 6.52. The molecule has 28 heavy (non-hydrogen) atoms. The average Bonchev–Trinajstić information content (AvgIpc) is 2.63. The van der Waals surface area contributed by atoms with Crippen molar-refractivity contribution >= 4 is 24.2 Å². The summed E-state index contributed by atoms with van der Waals surface area (Å²) >= 11 is 0.571. The molecule has 1 aromatic rings. The quantitative estimate of drug-likeness (QED) is 0.152. The zero-order valence-electron chi connectivity index (χ0n) is 16.2. The first-order chi connectivity index (χ1) is 13.2. The second-order valence-corrected chi connectivity index (χ2v) is 7.26. The summed E-state index contributed by atoms with van der Waals surface area (Å²) < 4.78 is 9.01. The van der Waals surface area contributed by atoms with Gasteiger partial charge in [0.1, 0.15) is 6.04 Å². The lowest BCUT2D eigenvalue weighted by atomic mass is 10.1. The summed E-state index contributed by atoms with van der Waals surface area (Å²) in [5.41, 5.74) is 5.57. The summed E-state index contributed by atoms with van der Waals surface area (Å²) in [4.78, 5) is 38.0. The molecule has 0 aromatic heterocycles. The van der Waals surface area contributed by atoms with Gasteiger partial charge in [0.15, 0.2) is 6.23 Å².